The normalized spacial score (nSPS) is 13.0. The van der Waals surface area contributed by atoms with Crippen LogP contribution in [0.2, 0.25) is 0 Å². The van der Waals surface area contributed by atoms with Crippen LogP contribution in [0.5, 0.6) is 5.75 Å². The summed E-state index contributed by atoms with van der Waals surface area (Å²) in [6.07, 6.45) is -5.22. The minimum atomic E-state index is -5.16. The molecule has 0 spiro atoms. The lowest BCUT2D eigenvalue weighted by Crippen LogP contribution is -2.41. The number of nitrogens with zero attached hydrogens (tertiary/aromatic N) is 2. The van der Waals surface area contributed by atoms with Crippen LogP contribution in [0.3, 0.4) is 0 Å². The van der Waals surface area contributed by atoms with Crippen LogP contribution in [-0.4, -0.2) is 50.1 Å². The minimum absolute atomic E-state index is 0.0187. The van der Waals surface area contributed by atoms with Crippen molar-refractivity contribution < 1.29 is 36.6 Å². The first-order valence-electron chi connectivity index (χ1n) is 13.2. The van der Waals surface area contributed by atoms with E-state index in [1.54, 1.807) is 19.1 Å². The van der Waals surface area contributed by atoms with E-state index in [0.717, 1.165) is 28.9 Å². The number of benzene rings is 3. The molecule has 0 bridgehead atoms. The molecule has 0 N–H and O–H groups in total. The van der Waals surface area contributed by atoms with E-state index in [1.807, 2.05) is 36.4 Å². The quantitative estimate of drug-likeness (QED) is 0.190. The van der Waals surface area contributed by atoms with Gasteiger partial charge in [0.1, 0.15) is 18.2 Å². The Balaban J connectivity index is 1.55. The fraction of sp³-hybridized carbons (Fsp3) is 0.333. The fourth-order valence-corrected chi connectivity index (χ4v) is 5.67. The van der Waals surface area contributed by atoms with Crippen LogP contribution in [0.4, 0.5) is 28.9 Å². The molecule has 3 aromatic rings. The predicted molar refractivity (Wildman–Crippen MR) is 150 cm³/mol. The Kier molecular flexibility index (Phi) is 10.1. The highest BCUT2D eigenvalue weighted by Gasteiger charge is 2.43. The van der Waals surface area contributed by atoms with E-state index in [1.165, 1.54) is 23.9 Å². The summed E-state index contributed by atoms with van der Waals surface area (Å²) in [6.45, 7) is 3.15. The van der Waals surface area contributed by atoms with Crippen molar-refractivity contribution in [3.8, 4) is 5.75 Å². The molecule has 4 rings (SSSR count). The number of fused-ring (bicyclic) bond motifs is 1. The van der Waals surface area contributed by atoms with Gasteiger partial charge in [0.25, 0.3) is 0 Å². The van der Waals surface area contributed by atoms with E-state index in [0.29, 0.717) is 29.4 Å². The number of hydrogen-bond acceptors (Lipinski definition) is 6. The van der Waals surface area contributed by atoms with Crippen molar-refractivity contribution in [3.63, 3.8) is 0 Å². The van der Waals surface area contributed by atoms with E-state index in [4.69, 9.17) is 9.47 Å². The van der Waals surface area contributed by atoms with Crippen LogP contribution in [0.15, 0.2) is 71.6 Å². The maximum atomic E-state index is 14.9. The van der Waals surface area contributed by atoms with Crippen LogP contribution >= 0.6 is 11.8 Å². The molecule has 3 aromatic carbocycles. The lowest BCUT2D eigenvalue weighted by molar-refractivity contribution is -0.170. The summed E-state index contributed by atoms with van der Waals surface area (Å²) in [5.74, 6) is -1.96. The Morgan fingerprint density at radius 2 is 1.80 bits per heavy atom. The zero-order valence-corrected chi connectivity index (χ0v) is 23.3. The Morgan fingerprint density at radius 1 is 1.02 bits per heavy atom. The van der Waals surface area contributed by atoms with Gasteiger partial charge in [-0.25, -0.2) is 4.39 Å². The first-order valence-corrected chi connectivity index (χ1v) is 14.2. The number of rotatable bonds is 11. The molecule has 218 valence electrons. The van der Waals surface area contributed by atoms with Crippen LogP contribution in [0, 0.1) is 5.82 Å². The van der Waals surface area contributed by atoms with Gasteiger partial charge in [0, 0.05) is 29.3 Å². The number of amides is 1. The van der Waals surface area contributed by atoms with Gasteiger partial charge in [-0.3, -0.25) is 9.59 Å². The molecule has 0 atom stereocenters. The van der Waals surface area contributed by atoms with Gasteiger partial charge >= 0.3 is 18.1 Å². The number of ether oxygens (including phenoxy) is 2. The second kappa shape index (κ2) is 13.8. The molecule has 1 aliphatic rings. The Bertz CT molecular complexity index is 1350. The summed E-state index contributed by atoms with van der Waals surface area (Å²) in [5, 5.41) is 0. The van der Waals surface area contributed by atoms with Crippen LogP contribution in [-0.2, 0) is 27.3 Å². The number of alkyl halides is 3. The van der Waals surface area contributed by atoms with E-state index < -0.39 is 30.4 Å². The number of para-hydroxylation sites is 1. The third kappa shape index (κ3) is 7.93. The summed E-state index contributed by atoms with van der Waals surface area (Å²) in [5.41, 5.74) is 1.28. The molecule has 1 aliphatic heterocycles. The molecule has 6 nitrogen and oxygen atoms in total. The molecule has 0 unspecified atom stereocenters. The summed E-state index contributed by atoms with van der Waals surface area (Å²) in [4.78, 5) is 27.6. The van der Waals surface area contributed by atoms with E-state index >= 15 is 0 Å². The highest BCUT2D eigenvalue weighted by Crippen LogP contribution is 2.39. The molecule has 1 heterocycles. The van der Waals surface area contributed by atoms with Gasteiger partial charge in [-0.2, -0.15) is 13.2 Å². The van der Waals surface area contributed by atoms with E-state index in [9.17, 15) is 27.2 Å². The average molecular weight is 591 g/mol. The summed E-state index contributed by atoms with van der Waals surface area (Å²) < 4.78 is 66.6. The topological polar surface area (TPSA) is 59.1 Å². The van der Waals surface area contributed by atoms with Crippen LogP contribution < -0.4 is 14.5 Å². The number of esters is 1. The molecule has 41 heavy (non-hydrogen) atoms. The maximum Gasteiger partial charge on any atom is 0.471 e. The molecular formula is C30H30F4N2O4S. The Morgan fingerprint density at radius 3 is 2.51 bits per heavy atom. The lowest BCUT2D eigenvalue weighted by atomic mass is 10.1. The van der Waals surface area contributed by atoms with Gasteiger partial charge in [-0.15, -0.1) is 11.8 Å². The average Bonchev–Trinajstić information content (AvgIpc) is 2.95. The second-order valence-electron chi connectivity index (χ2n) is 9.23. The lowest BCUT2D eigenvalue weighted by Gasteiger charge is -2.33. The van der Waals surface area contributed by atoms with Crippen molar-refractivity contribution in [2.24, 2.45) is 0 Å². The second-order valence-corrected chi connectivity index (χ2v) is 10.3. The van der Waals surface area contributed by atoms with Gasteiger partial charge in [0.05, 0.1) is 25.4 Å². The molecule has 0 saturated heterocycles. The van der Waals surface area contributed by atoms with Crippen molar-refractivity contribution in [1.82, 2.24) is 0 Å². The number of carbonyl (C=O) groups excluding carboxylic acids is 2. The molecule has 0 fully saturated rings. The number of aryl methyl sites for hydroxylation is 1. The number of carbonyl (C=O) groups is 2. The Hall–Kier alpha value is -3.73. The standard InChI is InChI=1S/C30H30F4N2O4S/c1-2-39-27(37)14-12-21-11-13-23(19-25(21)31)36(29(38)30(32,33)34)20-22-7-6-10-26-28(22)41-18-16-35(26)15-17-40-24-8-4-3-5-9-24/h3-11,13,19H,2,12,14-18,20H2,1H3. The molecule has 1 amide bonds. The van der Waals surface area contributed by atoms with Gasteiger partial charge in [-0.05, 0) is 54.8 Å². The number of anilines is 2. The molecule has 0 saturated carbocycles. The monoisotopic (exact) mass is 590 g/mol. The third-order valence-electron chi connectivity index (χ3n) is 6.47. The molecule has 0 aromatic heterocycles. The van der Waals surface area contributed by atoms with Crippen LogP contribution in [0.25, 0.3) is 0 Å². The van der Waals surface area contributed by atoms with Gasteiger partial charge in [0.2, 0.25) is 0 Å². The molecular weight excluding hydrogens is 560 g/mol. The molecule has 11 heteroatoms. The largest absolute Gasteiger partial charge is 0.492 e. The van der Waals surface area contributed by atoms with Crippen molar-refractivity contribution >= 4 is 35.0 Å². The smallest absolute Gasteiger partial charge is 0.471 e. The first kappa shape index (κ1) is 30.2. The predicted octanol–water partition coefficient (Wildman–Crippen LogP) is 6.41. The van der Waals surface area contributed by atoms with Gasteiger partial charge < -0.3 is 19.3 Å². The van der Waals surface area contributed by atoms with Crippen molar-refractivity contribution in [1.29, 1.82) is 0 Å². The first-order chi connectivity index (χ1) is 19.7. The summed E-state index contributed by atoms with van der Waals surface area (Å²) in [7, 11) is 0. The minimum Gasteiger partial charge on any atom is -0.492 e. The number of hydrogen-bond donors (Lipinski definition) is 0. The number of thioether (sulfide) groups is 1. The SMILES string of the molecule is CCOC(=O)CCc1ccc(N(Cc2cccc3c2SCCN3CCOc2ccccc2)C(=O)C(F)(F)F)cc1F. The van der Waals surface area contributed by atoms with Crippen molar-refractivity contribution in [2.45, 2.75) is 37.4 Å². The zero-order valence-electron chi connectivity index (χ0n) is 22.5. The Labute approximate surface area is 240 Å². The molecule has 0 aliphatic carbocycles. The fourth-order valence-electron chi connectivity index (χ4n) is 4.49. The highest BCUT2D eigenvalue weighted by molar-refractivity contribution is 7.99. The zero-order chi connectivity index (χ0) is 29.4. The maximum absolute atomic E-state index is 14.9. The number of halogens is 4. The van der Waals surface area contributed by atoms with Gasteiger partial charge in [-0.1, -0.05) is 36.4 Å². The van der Waals surface area contributed by atoms with Crippen molar-refractivity contribution in [2.75, 3.05) is 41.9 Å². The van der Waals surface area contributed by atoms with Gasteiger partial charge in [0.15, 0.2) is 0 Å². The summed E-state index contributed by atoms with van der Waals surface area (Å²) in [6, 6.07) is 18.1. The third-order valence-corrected chi connectivity index (χ3v) is 7.61. The van der Waals surface area contributed by atoms with Crippen LogP contribution in [0.1, 0.15) is 24.5 Å². The molecule has 0 radical (unpaired) electrons. The van der Waals surface area contributed by atoms with E-state index in [2.05, 4.69) is 4.90 Å². The summed E-state index contributed by atoms with van der Waals surface area (Å²) >= 11 is 1.50. The van der Waals surface area contributed by atoms with E-state index in [-0.39, 0.29) is 30.7 Å². The highest BCUT2D eigenvalue weighted by atomic mass is 32.2. The van der Waals surface area contributed by atoms with Crippen molar-refractivity contribution in [3.05, 3.63) is 83.7 Å².